The molecule has 0 aliphatic heterocycles. The fraction of sp³-hybridized carbons (Fsp3) is 0.833. The van der Waals surface area contributed by atoms with Gasteiger partial charge in [-0.2, -0.15) is 0 Å². The van der Waals surface area contributed by atoms with Crippen LogP contribution in [0.3, 0.4) is 0 Å². The Hall–Kier alpha value is -1.16. The predicted molar refractivity (Wildman–Crippen MR) is 116 cm³/mol. The van der Waals surface area contributed by atoms with Crippen LogP contribution in [-0.2, 0) is 19.1 Å². The minimum Gasteiger partial charge on any atom is -0.460 e. The molecule has 2 atom stereocenters. The van der Waals surface area contributed by atoms with Crippen molar-refractivity contribution >= 4 is 11.8 Å². The van der Waals surface area contributed by atoms with Crippen LogP contribution in [0.4, 0.5) is 0 Å². The lowest BCUT2D eigenvalue weighted by molar-refractivity contribution is -0.162. The van der Waals surface area contributed by atoms with Crippen molar-refractivity contribution in [3.8, 4) is 0 Å². The maximum atomic E-state index is 12.5. The van der Waals surface area contributed by atoms with Gasteiger partial charge in [0.15, 0.2) is 0 Å². The Morgan fingerprint density at radius 3 is 2.25 bits per heavy atom. The molecular weight excluding hydrogens is 352 g/mol. The van der Waals surface area contributed by atoms with Gasteiger partial charge in [0.05, 0.1) is 5.92 Å². The standard InChI is InChI=1S/C24H44O4/c1-7-8-16-21(25)17-14-12-10-9-11-13-15-20(2)22(18-19-27-6)23(26)28-24(3,4)5/h13,15,20,22H,7-12,14,16-19H2,1-6H3/b15-13+/t20-,22+/m0/s1. The van der Waals surface area contributed by atoms with E-state index in [1.54, 1.807) is 7.11 Å². The van der Waals surface area contributed by atoms with Gasteiger partial charge in [0.1, 0.15) is 11.4 Å². The lowest BCUT2D eigenvalue weighted by Gasteiger charge is -2.26. The van der Waals surface area contributed by atoms with E-state index >= 15 is 0 Å². The molecule has 0 spiro atoms. The fourth-order valence-electron chi connectivity index (χ4n) is 3.10. The number of rotatable bonds is 16. The van der Waals surface area contributed by atoms with Crippen molar-refractivity contribution in [2.24, 2.45) is 11.8 Å². The van der Waals surface area contributed by atoms with E-state index in [0.29, 0.717) is 18.8 Å². The number of carbonyl (C=O) groups is 2. The molecule has 0 aromatic rings. The maximum Gasteiger partial charge on any atom is 0.310 e. The van der Waals surface area contributed by atoms with Gasteiger partial charge in [0.2, 0.25) is 0 Å². The molecular formula is C24H44O4. The van der Waals surface area contributed by atoms with Crippen LogP contribution in [-0.4, -0.2) is 31.1 Å². The van der Waals surface area contributed by atoms with Gasteiger partial charge >= 0.3 is 5.97 Å². The van der Waals surface area contributed by atoms with E-state index in [2.05, 4.69) is 26.0 Å². The zero-order valence-corrected chi connectivity index (χ0v) is 19.2. The molecule has 0 saturated heterocycles. The number of carbonyl (C=O) groups excluding carboxylic acids is 2. The predicted octanol–water partition coefficient (Wildman–Crippen LogP) is 6.27. The number of unbranched alkanes of at least 4 members (excludes halogenated alkanes) is 5. The van der Waals surface area contributed by atoms with Gasteiger partial charge in [0.25, 0.3) is 0 Å². The monoisotopic (exact) mass is 396 g/mol. The summed E-state index contributed by atoms with van der Waals surface area (Å²) in [6.45, 7) is 10.4. The Labute approximate surface area is 173 Å². The first kappa shape index (κ1) is 26.8. The van der Waals surface area contributed by atoms with Crippen LogP contribution in [0.15, 0.2) is 12.2 Å². The summed E-state index contributed by atoms with van der Waals surface area (Å²) in [7, 11) is 1.66. The minimum atomic E-state index is -0.468. The van der Waals surface area contributed by atoms with Gasteiger partial charge in [-0.25, -0.2) is 0 Å². The quantitative estimate of drug-likeness (QED) is 0.175. The number of allylic oxidation sites excluding steroid dienone is 2. The Morgan fingerprint density at radius 2 is 1.64 bits per heavy atom. The van der Waals surface area contributed by atoms with Crippen LogP contribution >= 0.6 is 0 Å². The highest BCUT2D eigenvalue weighted by molar-refractivity contribution is 5.78. The highest BCUT2D eigenvalue weighted by Gasteiger charge is 2.28. The molecule has 0 heterocycles. The van der Waals surface area contributed by atoms with Crippen LogP contribution in [0.25, 0.3) is 0 Å². The molecule has 0 saturated carbocycles. The van der Waals surface area contributed by atoms with Gasteiger partial charge in [-0.15, -0.1) is 0 Å². The Bertz CT molecular complexity index is 448. The van der Waals surface area contributed by atoms with Crippen molar-refractivity contribution < 1.29 is 19.1 Å². The number of Topliss-reactive ketones (excluding diaryl/α,β-unsaturated/α-hetero) is 1. The van der Waals surface area contributed by atoms with Crippen molar-refractivity contribution in [2.75, 3.05) is 13.7 Å². The zero-order chi connectivity index (χ0) is 21.4. The molecule has 28 heavy (non-hydrogen) atoms. The van der Waals surface area contributed by atoms with Crippen molar-refractivity contribution in [1.29, 1.82) is 0 Å². The SMILES string of the molecule is CCCCC(=O)CCCCCC/C=C/[C@H](C)[C@@H](CCOC)C(=O)OC(C)(C)C. The average Bonchev–Trinajstić information content (AvgIpc) is 2.60. The number of hydrogen-bond donors (Lipinski definition) is 0. The van der Waals surface area contributed by atoms with Crippen LogP contribution in [0.2, 0.25) is 0 Å². The first-order valence-electron chi connectivity index (χ1n) is 11.1. The van der Waals surface area contributed by atoms with Crippen molar-refractivity contribution in [2.45, 2.75) is 104 Å². The molecule has 0 fully saturated rings. The summed E-state index contributed by atoms with van der Waals surface area (Å²) in [4.78, 5) is 24.1. The van der Waals surface area contributed by atoms with Gasteiger partial charge in [-0.1, -0.05) is 45.3 Å². The van der Waals surface area contributed by atoms with Crippen molar-refractivity contribution in [1.82, 2.24) is 0 Å². The summed E-state index contributed by atoms with van der Waals surface area (Å²) < 4.78 is 10.7. The molecule has 0 bridgehead atoms. The minimum absolute atomic E-state index is 0.126. The van der Waals surface area contributed by atoms with E-state index in [4.69, 9.17) is 9.47 Å². The van der Waals surface area contributed by atoms with Gasteiger partial charge in [-0.05, 0) is 58.8 Å². The van der Waals surface area contributed by atoms with E-state index in [1.807, 2.05) is 20.8 Å². The lowest BCUT2D eigenvalue weighted by atomic mass is 9.90. The number of esters is 1. The second kappa shape index (κ2) is 15.7. The van der Waals surface area contributed by atoms with Gasteiger partial charge in [0, 0.05) is 26.6 Å². The normalized spacial score (nSPS) is 14.2. The molecule has 0 aliphatic rings. The van der Waals surface area contributed by atoms with E-state index in [9.17, 15) is 9.59 Å². The second-order valence-electron chi connectivity index (χ2n) is 8.80. The first-order chi connectivity index (χ1) is 13.2. The van der Waals surface area contributed by atoms with Crippen molar-refractivity contribution in [3.05, 3.63) is 12.2 Å². The smallest absolute Gasteiger partial charge is 0.310 e. The molecule has 0 radical (unpaired) electrons. The van der Waals surface area contributed by atoms with Crippen LogP contribution in [0.1, 0.15) is 98.8 Å². The zero-order valence-electron chi connectivity index (χ0n) is 19.2. The Kier molecular flexibility index (Phi) is 15.1. The van der Waals surface area contributed by atoms with Crippen LogP contribution < -0.4 is 0 Å². The van der Waals surface area contributed by atoms with Crippen molar-refractivity contribution in [3.63, 3.8) is 0 Å². The summed E-state index contributed by atoms with van der Waals surface area (Å²) >= 11 is 0. The first-order valence-corrected chi connectivity index (χ1v) is 11.1. The summed E-state index contributed by atoms with van der Waals surface area (Å²) in [5.41, 5.74) is -0.468. The van der Waals surface area contributed by atoms with E-state index < -0.39 is 5.60 Å². The lowest BCUT2D eigenvalue weighted by Crippen LogP contribution is -2.32. The molecule has 0 aromatic heterocycles. The maximum absolute atomic E-state index is 12.5. The molecule has 164 valence electrons. The summed E-state index contributed by atoms with van der Waals surface area (Å²) in [6.07, 6.45) is 14.0. The molecule has 0 amide bonds. The summed E-state index contributed by atoms with van der Waals surface area (Å²) in [5.74, 6) is 0.222. The highest BCUT2D eigenvalue weighted by Crippen LogP contribution is 2.22. The average molecular weight is 397 g/mol. The largest absolute Gasteiger partial charge is 0.460 e. The Morgan fingerprint density at radius 1 is 1.00 bits per heavy atom. The van der Waals surface area contributed by atoms with E-state index in [0.717, 1.165) is 57.8 Å². The highest BCUT2D eigenvalue weighted by atomic mass is 16.6. The molecule has 0 aliphatic carbocycles. The fourth-order valence-corrected chi connectivity index (χ4v) is 3.10. The molecule has 4 nitrogen and oxygen atoms in total. The van der Waals surface area contributed by atoms with E-state index in [-0.39, 0.29) is 17.8 Å². The molecule has 0 rings (SSSR count). The third-order valence-electron chi connectivity index (χ3n) is 4.80. The third-order valence-corrected chi connectivity index (χ3v) is 4.80. The number of methoxy groups -OCH3 is 1. The Balaban J connectivity index is 4.16. The van der Waals surface area contributed by atoms with Crippen LogP contribution in [0, 0.1) is 11.8 Å². The third kappa shape index (κ3) is 14.8. The topological polar surface area (TPSA) is 52.6 Å². The molecule has 0 aromatic carbocycles. The molecule has 4 heteroatoms. The van der Waals surface area contributed by atoms with E-state index in [1.165, 1.54) is 0 Å². The van der Waals surface area contributed by atoms with Gasteiger partial charge < -0.3 is 9.47 Å². The van der Waals surface area contributed by atoms with Crippen LogP contribution in [0.5, 0.6) is 0 Å². The number of ether oxygens (including phenoxy) is 2. The second-order valence-corrected chi connectivity index (χ2v) is 8.80. The molecule has 0 unspecified atom stereocenters. The number of ketones is 1. The van der Waals surface area contributed by atoms with Gasteiger partial charge in [-0.3, -0.25) is 9.59 Å². The molecule has 0 N–H and O–H groups in total. The summed E-state index contributed by atoms with van der Waals surface area (Å²) in [6, 6.07) is 0. The number of hydrogen-bond acceptors (Lipinski definition) is 4. The summed E-state index contributed by atoms with van der Waals surface area (Å²) in [5, 5.41) is 0.